The summed E-state index contributed by atoms with van der Waals surface area (Å²) in [5.74, 6) is 0.751. The SMILES string of the molecule is Cc1cc(OCc2ccccc2)cc(Cl)n1. The van der Waals surface area contributed by atoms with Crippen molar-refractivity contribution in [1.82, 2.24) is 4.98 Å². The summed E-state index contributed by atoms with van der Waals surface area (Å²) in [6.07, 6.45) is 0. The molecular weight excluding hydrogens is 222 g/mol. The van der Waals surface area contributed by atoms with Gasteiger partial charge in [0.2, 0.25) is 0 Å². The largest absolute Gasteiger partial charge is 0.489 e. The fourth-order valence-electron chi connectivity index (χ4n) is 1.42. The van der Waals surface area contributed by atoms with Gasteiger partial charge in [0, 0.05) is 17.8 Å². The number of hydrogen-bond acceptors (Lipinski definition) is 2. The van der Waals surface area contributed by atoms with E-state index in [1.165, 1.54) is 0 Å². The minimum atomic E-state index is 0.461. The lowest BCUT2D eigenvalue weighted by Gasteiger charge is -2.07. The molecule has 0 bridgehead atoms. The normalized spacial score (nSPS) is 10.1. The van der Waals surface area contributed by atoms with E-state index < -0.39 is 0 Å². The molecule has 0 atom stereocenters. The van der Waals surface area contributed by atoms with Gasteiger partial charge in [0.15, 0.2) is 0 Å². The summed E-state index contributed by atoms with van der Waals surface area (Å²) >= 11 is 5.84. The van der Waals surface area contributed by atoms with Crippen molar-refractivity contribution in [2.24, 2.45) is 0 Å². The van der Waals surface area contributed by atoms with Crippen molar-refractivity contribution in [3.8, 4) is 5.75 Å². The third-order valence-electron chi connectivity index (χ3n) is 2.14. The molecular formula is C13H12ClNO. The van der Waals surface area contributed by atoms with Crippen LogP contribution in [0.1, 0.15) is 11.3 Å². The molecule has 0 amide bonds. The van der Waals surface area contributed by atoms with Gasteiger partial charge in [-0.2, -0.15) is 0 Å². The fourth-order valence-corrected chi connectivity index (χ4v) is 1.66. The molecule has 1 aromatic heterocycles. The summed E-state index contributed by atoms with van der Waals surface area (Å²) in [4.78, 5) is 4.07. The van der Waals surface area contributed by atoms with Crippen LogP contribution in [0.25, 0.3) is 0 Å². The van der Waals surface area contributed by atoms with Crippen LogP contribution in [0.15, 0.2) is 42.5 Å². The molecule has 0 radical (unpaired) electrons. The van der Waals surface area contributed by atoms with Crippen LogP contribution in [0, 0.1) is 6.92 Å². The van der Waals surface area contributed by atoms with Gasteiger partial charge >= 0.3 is 0 Å². The van der Waals surface area contributed by atoms with Crippen LogP contribution < -0.4 is 4.74 Å². The molecule has 1 heterocycles. The van der Waals surface area contributed by atoms with E-state index in [2.05, 4.69) is 4.98 Å². The molecule has 82 valence electrons. The molecule has 0 N–H and O–H groups in total. The predicted octanol–water partition coefficient (Wildman–Crippen LogP) is 3.62. The number of rotatable bonds is 3. The first-order chi connectivity index (χ1) is 7.74. The molecule has 0 spiro atoms. The van der Waals surface area contributed by atoms with Crippen LogP contribution in [0.4, 0.5) is 0 Å². The van der Waals surface area contributed by atoms with Crippen LogP contribution in [0.5, 0.6) is 5.75 Å². The molecule has 0 saturated carbocycles. The Bertz CT molecular complexity index is 450. The van der Waals surface area contributed by atoms with E-state index in [9.17, 15) is 0 Å². The quantitative estimate of drug-likeness (QED) is 0.756. The highest BCUT2D eigenvalue weighted by Crippen LogP contribution is 2.18. The van der Waals surface area contributed by atoms with E-state index in [-0.39, 0.29) is 0 Å². The molecule has 2 aromatic rings. The molecule has 2 nitrogen and oxygen atoms in total. The summed E-state index contributed by atoms with van der Waals surface area (Å²) in [6, 6.07) is 13.6. The van der Waals surface area contributed by atoms with Crippen molar-refractivity contribution in [2.45, 2.75) is 13.5 Å². The highest BCUT2D eigenvalue weighted by atomic mass is 35.5. The second kappa shape index (κ2) is 4.99. The minimum absolute atomic E-state index is 0.461. The zero-order valence-corrected chi connectivity index (χ0v) is 9.74. The van der Waals surface area contributed by atoms with E-state index in [1.807, 2.05) is 43.3 Å². The Morgan fingerprint density at radius 2 is 1.94 bits per heavy atom. The zero-order valence-electron chi connectivity index (χ0n) is 8.98. The van der Waals surface area contributed by atoms with Crippen molar-refractivity contribution < 1.29 is 4.74 Å². The van der Waals surface area contributed by atoms with Gasteiger partial charge in [0.05, 0.1) is 0 Å². The maximum atomic E-state index is 5.84. The predicted molar refractivity (Wildman–Crippen MR) is 64.8 cm³/mol. The van der Waals surface area contributed by atoms with Gasteiger partial charge in [0.1, 0.15) is 17.5 Å². The third kappa shape index (κ3) is 2.97. The summed E-state index contributed by atoms with van der Waals surface area (Å²) < 4.78 is 5.63. The molecule has 0 saturated heterocycles. The van der Waals surface area contributed by atoms with Gasteiger partial charge in [-0.05, 0) is 12.5 Å². The monoisotopic (exact) mass is 233 g/mol. The number of halogens is 1. The van der Waals surface area contributed by atoms with Crippen LogP contribution in [-0.4, -0.2) is 4.98 Å². The smallest absolute Gasteiger partial charge is 0.133 e. The molecule has 3 heteroatoms. The van der Waals surface area contributed by atoms with Gasteiger partial charge in [0.25, 0.3) is 0 Å². The Morgan fingerprint density at radius 1 is 1.19 bits per heavy atom. The number of hydrogen-bond donors (Lipinski definition) is 0. The molecule has 16 heavy (non-hydrogen) atoms. The fraction of sp³-hybridized carbons (Fsp3) is 0.154. The number of aromatic nitrogens is 1. The standard InChI is InChI=1S/C13H12ClNO/c1-10-7-12(8-13(14)15-10)16-9-11-5-3-2-4-6-11/h2-8H,9H2,1H3. The molecule has 0 unspecified atom stereocenters. The number of nitrogens with zero attached hydrogens (tertiary/aromatic N) is 1. The van der Waals surface area contributed by atoms with Crippen molar-refractivity contribution in [1.29, 1.82) is 0 Å². The topological polar surface area (TPSA) is 22.1 Å². The zero-order chi connectivity index (χ0) is 11.4. The minimum Gasteiger partial charge on any atom is -0.489 e. The first-order valence-corrected chi connectivity index (χ1v) is 5.43. The Labute approximate surface area is 99.9 Å². The van der Waals surface area contributed by atoms with Gasteiger partial charge in [-0.3, -0.25) is 0 Å². The second-order valence-corrected chi connectivity index (χ2v) is 3.93. The maximum Gasteiger partial charge on any atom is 0.133 e. The first kappa shape index (κ1) is 11.0. The van der Waals surface area contributed by atoms with Crippen LogP contribution in [0.3, 0.4) is 0 Å². The molecule has 0 aliphatic carbocycles. The second-order valence-electron chi connectivity index (χ2n) is 3.54. The van der Waals surface area contributed by atoms with E-state index in [4.69, 9.17) is 16.3 Å². The maximum absolute atomic E-state index is 5.84. The number of ether oxygens (including phenoxy) is 1. The summed E-state index contributed by atoms with van der Waals surface area (Å²) in [7, 11) is 0. The van der Waals surface area contributed by atoms with Crippen molar-refractivity contribution in [3.63, 3.8) is 0 Å². The number of benzene rings is 1. The molecule has 1 aromatic carbocycles. The van der Waals surface area contributed by atoms with Gasteiger partial charge in [-0.1, -0.05) is 41.9 Å². The lowest BCUT2D eigenvalue weighted by atomic mass is 10.2. The molecule has 0 aliphatic heterocycles. The molecule has 0 fully saturated rings. The van der Waals surface area contributed by atoms with E-state index in [0.29, 0.717) is 11.8 Å². The highest BCUT2D eigenvalue weighted by Gasteiger charge is 1.99. The summed E-state index contributed by atoms with van der Waals surface area (Å²) in [6.45, 7) is 2.43. The Kier molecular flexibility index (Phi) is 3.42. The average molecular weight is 234 g/mol. The Balaban J connectivity index is 2.05. The van der Waals surface area contributed by atoms with Crippen LogP contribution >= 0.6 is 11.6 Å². The van der Waals surface area contributed by atoms with Crippen LogP contribution in [0.2, 0.25) is 5.15 Å². The van der Waals surface area contributed by atoms with Crippen LogP contribution in [-0.2, 0) is 6.61 Å². The number of aryl methyl sites for hydroxylation is 1. The molecule has 0 aliphatic rings. The summed E-state index contributed by atoms with van der Waals surface area (Å²) in [5.41, 5.74) is 1.99. The summed E-state index contributed by atoms with van der Waals surface area (Å²) in [5, 5.41) is 0.461. The molecule has 2 rings (SSSR count). The Morgan fingerprint density at radius 3 is 2.62 bits per heavy atom. The third-order valence-corrected chi connectivity index (χ3v) is 2.34. The van der Waals surface area contributed by atoms with Gasteiger partial charge in [-0.15, -0.1) is 0 Å². The van der Waals surface area contributed by atoms with Crippen molar-refractivity contribution in [3.05, 3.63) is 58.9 Å². The van der Waals surface area contributed by atoms with Crippen molar-refractivity contribution in [2.75, 3.05) is 0 Å². The first-order valence-electron chi connectivity index (χ1n) is 5.05. The van der Waals surface area contributed by atoms with Gasteiger partial charge < -0.3 is 4.74 Å². The Hall–Kier alpha value is -1.54. The lowest BCUT2D eigenvalue weighted by molar-refractivity contribution is 0.305. The van der Waals surface area contributed by atoms with Crippen molar-refractivity contribution >= 4 is 11.6 Å². The van der Waals surface area contributed by atoms with E-state index in [0.717, 1.165) is 17.0 Å². The van der Waals surface area contributed by atoms with Gasteiger partial charge in [-0.25, -0.2) is 4.98 Å². The van der Waals surface area contributed by atoms with E-state index >= 15 is 0 Å². The average Bonchev–Trinajstić information content (AvgIpc) is 2.27. The van der Waals surface area contributed by atoms with E-state index in [1.54, 1.807) is 6.07 Å². The number of pyridine rings is 1. The lowest BCUT2D eigenvalue weighted by Crippen LogP contribution is -1.96. The highest BCUT2D eigenvalue weighted by molar-refractivity contribution is 6.29.